The van der Waals surface area contributed by atoms with Crippen LogP contribution in [0.3, 0.4) is 0 Å². The molecule has 1 aromatic rings. The van der Waals surface area contributed by atoms with Gasteiger partial charge in [0.25, 0.3) is 5.89 Å². The number of rotatable bonds is 3. The first-order valence-corrected chi connectivity index (χ1v) is 5.14. The quantitative estimate of drug-likeness (QED) is 0.786. The molecule has 5 heteroatoms. The van der Waals surface area contributed by atoms with E-state index in [4.69, 9.17) is 10.3 Å². The SMILES string of the molecule is CCC(N)C(O)c1nc(C(C)(C)C)no1. The summed E-state index contributed by atoms with van der Waals surface area (Å²) in [5.74, 6) is 0.786. The van der Waals surface area contributed by atoms with E-state index in [-0.39, 0.29) is 17.3 Å². The standard InChI is InChI=1S/C10H19N3O2/c1-5-6(11)7(14)8-12-9(13-15-8)10(2,3)4/h6-7,14H,5,11H2,1-4H3. The summed E-state index contributed by atoms with van der Waals surface area (Å²) < 4.78 is 4.98. The molecule has 1 heterocycles. The lowest BCUT2D eigenvalue weighted by molar-refractivity contribution is 0.105. The number of aliphatic hydroxyl groups is 1. The summed E-state index contributed by atoms with van der Waals surface area (Å²) in [6.07, 6.45) is -0.215. The van der Waals surface area contributed by atoms with E-state index in [1.54, 1.807) is 0 Å². The number of hydrogen-bond acceptors (Lipinski definition) is 5. The summed E-state index contributed by atoms with van der Waals surface area (Å²) in [4.78, 5) is 4.14. The predicted molar refractivity (Wildman–Crippen MR) is 56.2 cm³/mol. The van der Waals surface area contributed by atoms with Crippen LogP contribution >= 0.6 is 0 Å². The average Bonchev–Trinajstić information content (AvgIpc) is 2.63. The van der Waals surface area contributed by atoms with E-state index in [0.717, 1.165) is 0 Å². The van der Waals surface area contributed by atoms with E-state index in [0.29, 0.717) is 12.2 Å². The minimum absolute atomic E-state index is 0.183. The van der Waals surface area contributed by atoms with Gasteiger partial charge in [0.05, 0.1) is 0 Å². The van der Waals surface area contributed by atoms with Gasteiger partial charge in [0, 0.05) is 11.5 Å². The number of aromatic nitrogens is 2. The van der Waals surface area contributed by atoms with Gasteiger partial charge in [-0.05, 0) is 6.42 Å². The molecule has 0 fully saturated rings. The predicted octanol–water partition coefficient (Wildman–Crippen LogP) is 1.14. The highest BCUT2D eigenvalue weighted by Crippen LogP contribution is 2.22. The zero-order valence-electron chi connectivity index (χ0n) is 9.69. The van der Waals surface area contributed by atoms with Crippen LogP contribution in [0.4, 0.5) is 0 Å². The first-order valence-electron chi connectivity index (χ1n) is 5.14. The molecule has 0 radical (unpaired) electrons. The van der Waals surface area contributed by atoms with Crippen molar-refractivity contribution in [3.8, 4) is 0 Å². The number of hydrogen-bond donors (Lipinski definition) is 2. The van der Waals surface area contributed by atoms with Gasteiger partial charge in [-0.25, -0.2) is 0 Å². The van der Waals surface area contributed by atoms with Crippen LogP contribution in [0.15, 0.2) is 4.52 Å². The van der Waals surface area contributed by atoms with Crippen molar-refractivity contribution >= 4 is 0 Å². The first-order chi connectivity index (χ1) is 6.86. The molecule has 0 amide bonds. The third-order valence-electron chi connectivity index (χ3n) is 2.24. The fourth-order valence-corrected chi connectivity index (χ4v) is 1.07. The molecular formula is C10H19N3O2. The third-order valence-corrected chi connectivity index (χ3v) is 2.24. The molecule has 86 valence electrons. The van der Waals surface area contributed by atoms with Gasteiger partial charge < -0.3 is 15.4 Å². The molecule has 0 spiro atoms. The second-order valence-corrected chi connectivity index (χ2v) is 4.72. The maximum Gasteiger partial charge on any atom is 0.257 e. The Morgan fingerprint density at radius 3 is 2.47 bits per heavy atom. The van der Waals surface area contributed by atoms with Crippen molar-refractivity contribution < 1.29 is 9.63 Å². The highest BCUT2D eigenvalue weighted by atomic mass is 16.5. The maximum absolute atomic E-state index is 9.75. The van der Waals surface area contributed by atoms with Gasteiger partial charge in [0.15, 0.2) is 5.82 Å². The fraction of sp³-hybridized carbons (Fsp3) is 0.800. The molecule has 0 saturated heterocycles. The third kappa shape index (κ3) is 2.76. The highest BCUT2D eigenvalue weighted by molar-refractivity contribution is 5.02. The Morgan fingerprint density at radius 1 is 1.47 bits per heavy atom. The molecule has 1 rings (SSSR count). The monoisotopic (exact) mass is 213 g/mol. The van der Waals surface area contributed by atoms with Crippen molar-refractivity contribution in [3.05, 3.63) is 11.7 Å². The molecule has 5 nitrogen and oxygen atoms in total. The van der Waals surface area contributed by atoms with E-state index in [1.807, 2.05) is 27.7 Å². The van der Waals surface area contributed by atoms with Gasteiger partial charge in [0.2, 0.25) is 0 Å². The highest BCUT2D eigenvalue weighted by Gasteiger charge is 2.26. The normalized spacial score (nSPS) is 16.4. The van der Waals surface area contributed by atoms with Gasteiger partial charge in [-0.3, -0.25) is 0 Å². The molecule has 0 aliphatic rings. The summed E-state index contributed by atoms with van der Waals surface area (Å²) >= 11 is 0. The summed E-state index contributed by atoms with van der Waals surface area (Å²) in [6.45, 7) is 7.84. The molecule has 3 N–H and O–H groups in total. The molecule has 2 unspecified atom stereocenters. The first kappa shape index (κ1) is 12.1. The van der Waals surface area contributed by atoms with Crippen LogP contribution in [0, 0.1) is 0 Å². The van der Waals surface area contributed by atoms with Gasteiger partial charge in [0.1, 0.15) is 6.10 Å². The molecule has 0 bridgehead atoms. The summed E-state index contributed by atoms with van der Waals surface area (Å²) in [5.41, 5.74) is 5.51. The summed E-state index contributed by atoms with van der Waals surface area (Å²) in [5, 5.41) is 13.6. The van der Waals surface area contributed by atoms with Crippen LogP contribution in [-0.4, -0.2) is 21.3 Å². The Hall–Kier alpha value is -0.940. The summed E-state index contributed by atoms with van der Waals surface area (Å²) in [7, 11) is 0. The van der Waals surface area contributed by atoms with Gasteiger partial charge >= 0.3 is 0 Å². The van der Waals surface area contributed by atoms with E-state index in [1.165, 1.54) is 0 Å². The summed E-state index contributed by atoms with van der Waals surface area (Å²) in [6, 6.07) is -0.363. The van der Waals surface area contributed by atoms with Crippen molar-refractivity contribution in [2.24, 2.45) is 5.73 Å². The van der Waals surface area contributed by atoms with Crippen molar-refractivity contribution in [2.75, 3.05) is 0 Å². The van der Waals surface area contributed by atoms with Crippen LogP contribution in [0.2, 0.25) is 0 Å². The average molecular weight is 213 g/mol. The van der Waals surface area contributed by atoms with Crippen LogP contribution in [0.25, 0.3) is 0 Å². The van der Waals surface area contributed by atoms with Crippen LogP contribution in [0.1, 0.15) is 51.9 Å². The second-order valence-electron chi connectivity index (χ2n) is 4.72. The molecular weight excluding hydrogens is 194 g/mol. The largest absolute Gasteiger partial charge is 0.382 e. The maximum atomic E-state index is 9.75. The fourth-order valence-electron chi connectivity index (χ4n) is 1.07. The Balaban J connectivity index is 2.85. The lowest BCUT2D eigenvalue weighted by atomic mass is 9.96. The number of nitrogens with two attached hydrogens (primary N) is 1. The van der Waals surface area contributed by atoms with Crippen molar-refractivity contribution in [2.45, 2.75) is 51.7 Å². The lowest BCUT2D eigenvalue weighted by Crippen LogP contribution is -2.27. The Labute approximate surface area is 89.7 Å². The smallest absolute Gasteiger partial charge is 0.257 e. The molecule has 0 aliphatic carbocycles. The number of aliphatic hydroxyl groups excluding tert-OH is 1. The lowest BCUT2D eigenvalue weighted by Gasteiger charge is -2.13. The van der Waals surface area contributed by atoms with Crippen molar-refractivity contribution in [1.29, 1.82) is 0 Å². The Kier molecular flexibility index (Phi) is 3.46. The van der Waals surface area contributed by atoms with Crippen molar-refractivity contribution in [1.82, 2.24) is 10.1 Å². The van der Waals surface area contributed by atoms with E-state index >= 15 is 0 Å². The van der Waals surface area contributed by atoms with E-state index < -0.39 is 6.10 Å². The van der Waals surface area contributed by atoms with Crippen molar-refractivity contribution in [3.63, 3.8) is 0 Å². The minimum atomic E-state index is -0.876. The van der Waals surface area contributed by atoms with Crippen LogP contribution in [-0.2, 0) is 5.41 Å². The Morgan fingerprint density at radius 2 is 2.07 bits per heavy atom. The van der Waals surface area contributed by atoms with E-state index in [2.05, 4.69) is 10.1 Å². The van der Waals surface area contributed by atoms with Crippen LogP contribution < -0.4 is 5.73 Å². The van der Waals surface area contributed by atoms with Gasteiger partial charge in [-0.1, -0.05) is 32.9 Å². The molecule has 0 aromatic carbocycles. The topological polar surface area (TPSA) is 85.2 Å². The minimum Gasteiger partial charge on any atom is -0.382 e. The molecule has 15 heavy (non-hydrogen) atoms. The zero-order chi connectivity index (χ0) is 11.6. The van der Waals surface area contributed by atoms with E-state index in [9.17, 15) is 5.11 Å². The molecule has 2 atom stereocenters. The Bertz CT molecular complexity index is 317. The second kappa shape index (κ2) is 4.28. The molecule has 1 aromatic heterocycles. The van der Waals surface area contributed by atoms with Gasteiger partial charge in [-0.15, -0.1) is 0 Å². The number of nitrogens with zero attached hydrogens (tertiary/aromatic N) is 2. The molecule has 0 saturated carbocycles. The van der Waals surface area contributed by atoms with Crippen LogP contribution in [0.5, 0.6) is 0 Å². The zero-order valence-corrected chi connectivity index (χ0v) is 9.69. The molecule has 0 aliphatic heterocycles. The van der Waals surface area contributed by atoms with Gasteiger partial charge in [-0.2, -0.15) is 4.98 Å².